The summed E-state index contributed by atoms with van der Waals surface area (Å²) < 4.78 is 17.0. The summed E-state index contributed by atoms with van der Waals surface area (Å²) in [6, 6.07) is 0. The highest BCUT2D eigenvalue weighted by molar-refractivity contribution is 5.71. The van der Waals surface area contributed by atoms with Crippen molar-refractivity contribution in [2.24, 2.45) is 0 Å². The van der Waals surface area contributed by atoms with E-state index in [9.17, 15) is 14.4 Å². The van der Waals surface area contributed by atoms with Crippen LogP contribution >= 0.6 is 0 Å². The lowest BCUT2D eigenvalue weighted by atomic mass is 10.0. The van der Waals surface area contributed by atoms with Crippen LogP contribution in [0.5, 0.6) is 0 Å². The number of carbonyl (C=O) groups excluding carboxylic acids is 3. The summed E-state index contributed by atoms with van der Waals surface area (Å²) in [7, 11) is 0. The highest BCUT2D eigenvalue weighted by Crippen LogP contribution is 2.19. The number of hydrogen-bond donors (Lipinski definition) is 0. The lowest BCUT2D eigenvalue weighted by molar-refractivity contribution is -0.167. The van der Waals surface area contributed by atoms with Crippen molar-refractivity contribution < 1.29 is 28.6 Å². The van der Waals surface area contributed by atoms with Crippen LogP contribution in [-0.4, -0.2) is 37.2 Å². The zero-order valence-electron chi connectivity index (χ0n) is 54.4. The third kappa shape index (κ3) is 66.7. The fourth-order valence-electron chi connectivity index (χ4n) is 11.2. The van der Waals surface area contributed by atoms with Crippen LogP contribution < -0.4 is 0 Å². The first kappa shape index (κ1) is 77.9. The van der Waals surface area contributed by atoms with Gasteiger partial charge in [-0.1, -0.05) is 347 Å². The number of esters is 3. The van der Waals surface area contributed by atoms with Gasteiger partial charge in [-0.25, -0.2) is 0 Å². The van der Waals surface area contributed by atoms with Crippen LogP contribution in [0.25, 0.3) is 0 Å². The van der Waals surface area contributed by atoms with E-state index in [0.29, 0.717) is 19.3 Å². The first-order valence-electron chi connectivity index (χ1n) is 36.3. The molecule has 0 rings (SSSR count). The first-order valence-corrected chi connectivity index (χ1v) is 36.3. The van der Waals surface area contributed by atoms with Crippen LogP contribution in [0, 0.1) is 0 Å². The van der Waals surface area contributed by atoms with E-state index in [1.54, 1.807) is 0 Å². The van der Waals surface area contributed by atoms with Gasteiger partial charge >= 0.3 is 17.9 Å². The smallest absolute Gasteiger partial charge is 0.306 e. The minimum Gasteiger partial charge on any atom is -0.462 e. The summed E-state index contributed by atoms with van der Waals surface area (Å²) in [6.07, 6.45) is 85.1. The fraction of sp³-hybridized carbons (Fsp3) is 0.905. The van der Waals surface area contributed by atoms with Crippen LogP contribution in [0.2, 0.25) is 0 Å². The van der Waals surface area contributed by atoms with Crippen molar-refractivity contribution in [1.29, 1.82) is 0 Å². The molecule has 0 bridgehead atoms. The highest BCUT2D eigenvalue weighted by atomic mass is 16.6. The fourth-order valence-corrected chi connectivity index (χ4v) is 11.2. The van der Waals surface area contributed by atoms with Gasteiger partial charge < -0.3 is 14.2 Å². The van der Waals surface area contributed by atoms with E-state index < -0.39 is 6.10 Å². The molecule has 1 unspecified atom stereocenters. The third-order valence-electron chi connectivity index (χ3n) is 16.7. The summed E-state index contributed by atoms with van der Waals surface area (Å²) in [4.78, 5) is 38.4. The van der Waals surface area contributed by atoms with Crippen LogP contribution in [0.15, 0.2) is 24.3 Å². The quantitative estimate of drug-likeness (QED) is 0.0261. The molecule has 0 aliphatic heterocycles. The highest BCUT2D eigenvalue weighted by Gasteiger charge is 2.19. The molecule has 0 aromatic rings. The number of allylic oxidation sites excluding steroid dienone is 4. The van der Waals surface area contributed by atoms with Gasteiger partial charge in [-0.2, -0.15) is 0 Å². The van der Waals surface area contributed by atoms with Crippen molar-refractivity contribution >= 4 is 17.9 Å². The SMILES string of the molecule is CCCCCCC/C=C\CCCCCCCC(=O)OCC(COC(=O)CCCCCCCCCCCCCCCCCCCCC/C=C\CCCCCCCCCC)OC(=O)CCCCCCCCCCCCCCCCCCC. The van der Waals surface area contributed by atoms with Gasteiger partial charge in [-0.3, -0.25) is 14.4 Å². The molecule has 6 nitrogen and oxygen atoms in total. The Labute approximate surface area is 500 Å². The molecular formula is C74H140O6. The van der Waals surface area contributed by atoms with Gasteiger partial charge in [-0.15, -0.1) is 0 Å². The van der Waals surface area contributed by atoms with Gasteiger partial charge in [0.2, 0.25) is 0 Å². The monoisotopic (exact) mass is 1130 g/mol. The molecule has 0 aliphatic rings. The van der Waals surface area contributed by atoms with Crippen LogP contribution in [-0.2, 0) is 28.6 Å². The van der Waals surface area contributed by atoms with E-state index in [1.807, 2.05) is 0 Å². The minimum absolute atomic E-state index is 0.0672. The van der Waals surface area contributed by atoms with E-state index in [0.717, 1.165) is 64.2 Å². The number of rotatable bonds is 68. The maximum absolute atomic E-state index is 12.9. The molecule has 80 heavy (non-hydrogen) atoms. The summed E-state index contributed by atoms with van der Waals surface area (Å²) in [5, 5.41) is 0. The molecule has 0 N–H and O–H groups in total. The van der Waals surface area contributed by atoms with Crippen molar-refractivity contribution in [1.82, 2.24) is 0 Å². The maximum atomic E-state index is 12.9. The Balaban J connectivity index is 4.14. The lowest BCUT2D eigenvalue weighted by Gasteiger charge is -2.18. The molecule has 0 aromatic heterocycles. The van der Waals surface area contributed by atoms with Gasteiger partial charge in [0.1, 0.15) is 13.2 Å². The molecule has 0 aliphatic carbocycles. The van der Waals surface area contributed by atoms with E-state index in [2.05, 4.69) is 45.1 Å². The van der Waals surface area contributed by atoms with Gasteiger partial charge in [0.25, 0.3) is 0 Å². The number of ether oxygens (including phenoxy) is 3. The Hall–Kier alpha value is -2.11. The molecule has 0 aromatic carbocycles. The minimum atomic E-state index is -0.771. The Morgan fingerprint density at radius 1 is 0.237 bits per heavy atom. The molecule has 0 saturated carbocycles. The predicted octanol–water partition coefficient (Wildman–Crippen LogP) is 25.0. The molecule has 0 amide bonds. The molecule has 472 valence electrons. The lowest BCUT2D eigenvalue weighted by Crippen LogP contribution is -2.30. The van der Waals surface area contributed by atoms with E-state index in [4.69, 9.17) is 14.2 Å². The second-order valence-electron chi connectivity index (χ2n) is 24.9. The number of unbranched alkanes of at least 4 members (excludes halogenated alkanes) is 53. The maximum Gasteiger partial charge on any atom is 0.306 e. The standard InChI is InChI=1S/C74H140O6/c1-4-7-10-13-16-19-22-25-28-30-31-32-33-34-35-36-37-38-39-40-41-42-43-45-46-49-52-55-58-61-64-67-73(76)79-70-71(69-78-72(75)66-63-60-57-54-51-48-27-24-21-18-15-12-9-6-3)80-74(77)68-65-62-59-56-53-50-47-44-29-26-23-20-17-14-11-8-5-2/h24,27,30-31,71H,4-23,25-26,28-29,32-70H2,1-3H3/b27-24-,31-30-. The van der Waals surface area contributed by atoms with Gasteiger partial charge in [-0.05, 0) is 70.6 Å². The molecular weight excluding hydrogens is 985 g/mol. The zero-order chi connectivity index (χ0) is 57.8. The van der Waals surface area contributed by atoms with Gasteiger partial charge in [0.05, 0.1) is 0 Å². The van der Waals surface area contributed by atoms with Crippen molar-refractivity contribution in [3.8, 4) is 0 Å². The van der Waals surface area contributed by atoms with Gasteiger partial charge in [0.15, 0.2) is 6.10 Å². The average molecular weight is 1130 g/mol. The second-order valence-corrected chi connectivity index (χ2v) is 24.9. The molecule has 6 heteroatoms. The zero-order valence-corrected chi connectivity index (χ0v) is 54.4. The van der Waals surface area contributed by atoms with E-state index in [-0.39, 0.29) is 31.1 Å². The van der Waals surface area contributed by atoms with Crippen LogP contribution in [0.4, 0.5) is 0 Å². The van der Waals surface area contributed by atoms with E-state index >= 15 is 0 Å². The predicted molar refractivity (Wildman–Crippen MR) is 349 cm³/mol. The third-order valence-corrected chi connectivity index (χ3v) is 16.7. The van der Waals surface area contributed by atoms with Crippen LogP contribution in [0.1, 0.15) is 412 Å². The Bertz CT molecular complexity index is 1290. The normalized spacial score (nSPS) is 12.1. The summed E-state index contributed by atoms with van der Waals surface area (Å²) in [5.74, 6) is -0.843. The Kier molecular flexibility index (Phi) is 67.6. The molecule has 0 heterocycles. The van der Waals surface area contributed by atoms with Crippen molar-refractivity contribution in [2.45, 2.75) is 419 Å². The Morgan fingerprint density at radius 3 is 0.625 bits per heavy atom. The molecule has 0 radical (unpaired) electrons. The number of carbonyl (C=O) groups is 3. The molecule has 0 spiro atoms. The van der Waals surface area contributed by atoms with E-state index in [1.165, 1.54) is 308 Å². The number of hydrogen-bond acceptors (Lipinski definition) is 6. The van der Waals surface area contributed by atoms with Crippen LogP contribution in [0.3, 0.4) is 0 Å². The molecule has 0 saturated heterocycles. The first-order chi connectivity index (χ1) is 39.5. The Morgan fingerprint density at radius 2 is 0.412 bits per heavy atom. The van der Waals surface area contributed by atoms with Crippen molar-refractivity contribution in [2.75, 3.05) is 13.2 Å². The second kappa shape index (κ2) is 69.4. The topological polar surface area (TPSA) is 78.9 Å². The summed E-state index contributed by atoms with van der Waals surface area (Å²) in [6.45, 7) is 6.70. The molecule has 0 fully saturated rings. The summed E-state index contributed by atoms with van der Waals surface area (Å²) in [5.41, 5.74) is 0. The van der Waals surface area contributed by atoms with Gasteiger partial charge in [0, 0.05) is 19.3 Å². The molecule has 1 atom stereocenters. The van der Waals surface area contributed by atoms with Crippen molar-refractivity contribution in [3.05, 3.63) is 24.3 Å². The average Bonchev–Trinajstić information content (AvgIpc) is 3.46. The largest absolute Gasteiger partial charge is 0.462 e. The van der Waals surface area contributed by atoms with Crippen molar-refractivity contribution in [3.63, 3.8) is 0 Å². The summed E-state index contributed by atoms with van der Waals surface area (Å²) >= 11 is 0.